The van der Waals surface area contributed by atoms with E-state index in [0.29, 0.717) is 19.0 Å². The standard InChI is InChI=1S/C21H27BrFN3O2/c1-21(2,3)28-20(27)26-10-8-14(9-11-26)19-13-17(24-25-19)6-4-15-12-16(23)5-7-18(15)22/h5,7,12-14H,4,6,8-11H2,1-3H3,(H,24,25). The molecule has 1 aromatic carbocycles. The van der Waals surface area contributed by atoms with Gasteiger partial charge in [-0.2, -0.15) is 5.10 Å². The minimum Gasteiger partial charge on any atom is -0.444 e. The van der Waals surface area contributed by atoms with Crippen LogP contribution in [0.25, 0.3) is 0 Å². The van der Waals surface area contributed by atoms with E-state index in [4.69, 9.17) is 4.74 Å². The summed E-state index contributed by atoms with van der Waals surface area (Å²) in [7, 11) is 0. The van der Waals surface area contributed by atoms with Crippen LogP contribution >= 0.6 is 15.9 Å². The third kappa shape index (κ3) is 5.56. The van der Waals surface area contributed by atoms with Gasteiger partial charge in [-0.15, -0.1) is 0 Å². The van der Waals surface area contributed by atoms with Crippen LogP contribution in [0, 0.1) is 5.82 Å². The minimum atomic E-state index is -0.471. The van der Waals surface area contributed by atoms with Crippen molar-refractivity contribution >= 4 is 22.0 Å². The van der Waals surface area contributed by atoms with Crippen molar-refractivity contribution in [3.8, 4) is 0 Å². The van der Waals surface area contributed by atoms with Gasteiger partial charge in [-0.05, 0) is 76.3 Å². The van der Waals surface area contributed by atoms with Crippen LogP contribution in [-0.4, -0.2) is 39.9 Å². The summed E-state index contributed by atoms with van der Waals surface area (Å²) in [6.45, 7) is 7.00. The van der Waals surface area contributed by atoms with E-state index in [9.17, 15) is 9.18 Å². The predicted octanol–water partition coefficient (Wildman–Crippen LogP) is 5.21. The van der Waals surface area contributed by atoms with Crippen molar-refractivity contribution in [2.75, 3.05) is 13.1 Å². The molecule has 0 atom stereocenters. The number of carbonyl (C=O) groups excluding carboxylic acids is 1. The van der Waals surface area contributed by atoms with Gasteiger partial charge in [0.2, 0.25) is 0 Å². The van der Waals surface area contributed by atoms with Crippen LogP contribution in [0.3, 0.4) is 0 Å². The van der Waals surface area contributed by atoms with Crippen molar-refractivity contribution in [2.24, 2.45) is 0 Å². The van der Waals surface area contributed by atoms with Gasteiger partial charge < -0.3 is 9.64 Å². The van der Waals surface area contributed by atoms with Crippen LogP contribution < -0.4 is 0 Å². The fourth-order valence-electron chi connectivity index (χ4n) is 3.41. The van der Waals surface area contributed by atoms with E-state index < -0.39 is 5.60 Å². The molecule has 0 aliphatic carbocycles. The number of aromatic nitrogens is 2. The van der Waals surface area contributed by atoms with Crippen LogP contribution in [0.5, 0.6) is 0 Å². The summed E-state index contributed by atoms with van der Waals surface area (Å²) in [6.07, 6.45) is 3.01. The number of hydrogen-bond acceptors (Lipinski definition) is 3. The molecule has 152 valence electrons. The fourth-order valence-corrected chi connectivity index (χ4v) is 3.85. The van der Waals surface area contributed by atoms with E-state index in [1.165, 1.54) is 6.07 Å². The third-order valence-electron chi connectivity index (χ3n) is 4.89. The number of halogens is 2. The zero-order chi connectivity index (χ0) is 20.3. The molecular formula is C21H27BrFN3O2. The molecule has 1 N–H and O–H groups in total. The number of H-pyrrole nitrogens is 1. The zero-order valence-electron chi connectivity index (χ0n) is 16.6. The number of aryl methyl sites for hydroxylation is 2. The first-order chi connectivity index (χ1) is 13.2. The Hall–Kier alpha value is -1.89. The fraction of sp³-hybridized carbons (Fsp3) is 0.524. The van der Waals surface area contributed by atoms with E-state index in [-0.39, 0.29) is 11.9 Å². The molecule has 0 unspecified atom stereocenters. The SMILES string of the molecule is CC(C)(C)OC(=O)N1CCC(c2cc(CCc3cc(F)ccc3Br)[nH]n2)CC1. The summed E-state index contributed by atoms with van der Waals surface area (Å²) < 4.78 is 19.8. The van der Waals surface area contributed by atoms with Gasteiger partial charge >= 0.3 is 6.09 Å². The van der Waals surface area contributed by atoms with E-state index in [2.05, 4.69) is 32.2 Å². The van der Waals surface area contributed by atoms with Crippen molar-refractivity contribution in [1.29, 1.82) is 0 Å². The highest BCUT2D eigenvalue weighted by Gasteiger charge is 2.28. The molecule has 1 aliphatic heterocycles. The molecule has 1 aromatic heterocycles. The molecule has 0 radical (unpaired) electrons. The number of likely N-dealkylation sites (tertiary alicyclic amines) is 1. The Kier molecular flexibility index (Phi) is 6.43. The Morgan fingerprint density at radius 2 is 2.00 bits per heavy atom. The van der Waals surface area contributed by atoms with Crippen LogP contribution in [0.4, 0.5) is 9.18 Å². The highest BCUT2D eigenvalue weighted by Crippen LogP contribution is 2.28. The van der Waals surface area contributed by atoms with Gasteiger partial charge in [0.25, 0.3) is 0 Å². The van der Waals surface area contributed by atoms with Gasteiger partial charge in [-0.1, -0.05) is 15.9 Å². The second-order valence-electron chi connectivity index (χ2n) is 8.30. The summed E-state index contributed by atoms with van der Waals surface area (Å²) >= 11 is 3.47. The normalized spacial score (nSPS) is 15.7. The topological polar surface area (TPSA) is 58.2 Å². The summed E-state index contributed by atoms with van der Waals surface area (Å²) in [6, 6.07) is 6.85. The zero-order valence-corrected chi connectivity index (χ0v) is 18.2. The number of carbonyl (C=O) groups is 1. The first-order valence-electron chi connectivity index (χ1n) is 9.67. The van der Waals surface area contributed by atoms with Crippen molar-refractivity contribution in [2.45, 2.75) is 58.0 Å². The van der Waals surface area contributed by atoms with Gasteiger partial charge in [0, 0.05) is 29.2 Å². The number of nitrogens with zero attached hydrogens (tertiary/aromatic N) is 2. The summed E-state index contributed by atoms with van der Waals surface area (Å²) in [5, 5.41) is 7.58. The van der Waals surface area contributed by atoms with Crippen molar-refractivity contribution in [3.63, 3.8) is 0 Å². The lowest BCUT2D eigenvalue weighted by Crippen LogP contribution is -2.41. The average Bonchev–Trinajstić information content (AvgIpc) is 3.10. The first kappa shape index (κ1) is 20.8. The number of ether oxygens (including phenoxy) is 1. The Morgan fingerprint density at radius 1 is 1.29 bits per heavy atom. The van der Waals surface area contributed by atoms with E-state index in [1.54, 1.807) is 17.0 Å². The highest BCUT2D eigenvalue weighted by atomic mass is 79.9. The molecule has 7 heteroatoms. The number of amides is 1. The molecule has 1 fully saturated rings. The number of benzene rings is 1. The molecule has 2 heterocycles. The van der Waals surface area contributed by atoms with Crippen molar-refractivity contribution in [3.05, 3.63) is 51.5 Å². The van der Waals surface area contributed by atoms with E-state index in [1.807, 2.05) is 20.8 Å². The lowest BCUT2D eigenvalue weighted by Gasteiger charge is -2.32. The third-order valence-corrected chi connectivity index (χ3v) is 5.66. The Morgan fingerprint density at radius 3 is 2.68 bits per heavy atom. The Labute approximate surface area is 173 Å². The molecule has 1 saturated heterocycles. The molecule has 0 bridgehead atoms. The van der Waals surface area contributed by atoms with Crippen molar-refractivity contribution in [1.82, 2.24) is 15.1 Å². The number of piperidine rings is 1. The molecule has 0 spiro atoms. The number of aromatic amines is 1. The summed E-state index contributed by atoms with van der Waals surface area (Å²) in [5.74, 6) is 0.116. The maximum absolute atomic E-state index is 13.4. The Balaban J connectivity index is 1.52. The molecule has 2 aromatic rings. The number of hydrogen-bond donors (Lipinski definition) is 1. The van der Waals surface area contributed by atoms with Gasteiger partial charge in [0.05, 0.1) is 5.69 Å². The van der Waals surface area contributed by atoms with Crippen LogP contribution in [0.1, 0.15) is 56.5 Å². The van der Waals surface area contributed by atoms with Crippen LogP contribution in [0.15, 0.2) is 28.7 Å². The first-order valence-corrected chi connectivity index (χ1v) is 10.5. The van der Waals surface area contributed by atoms with Crippen LogP contribution in [-0.2, 0) is 17.6 Å². The van der Waals surface area contributed by atoms with E-state index in [0.717, 1.165) is 47.1 Å². The van der Waals surface area contributed by atoms with E-state index >= 15 is 0 Å². The molecule has 1 amide bonds. The molecule has 3 rings (SSSR count). The van der Waals surface area contributed by atoms with Crippen LogP contribution in [0.2, 0.25) is 0 Å². The second kappa shape index (κ2) is 8.64. The predicted molar refractivity (Wildman–Crippen MR) is 110 cm³/mol. The minimum absolute atomic E-state index is 0.222. The Bertz CT molecular complexity index is 823. The van der Waals surface area contributed by atoms with Gasteiger partial charge in [0.15, 0.2) is 0 Å². The average molecular weight is 452 g/mol. The molecule has 28 heavy (non-hydrogen) atoms. The number of nitrogens with one attached hydrogen (secondary N) is 1. The van der Waals surface area contributed by atoms with Gasteiger partial charge in [-0.3, -0.25) is 5.10 Å². The molecular weight excluding hydrogens is 425 g/mol. The lowest BCUT2D eigenvalue weighted by atomic mass is 9.93. The van der Waals surface area contributed by atoms with Gasteiger partial charge in [-0.25, -0.2) is 9.18 Å². The number of rotatable bonds is 4. The largest absolute Gasteiger partial charge is 0.444 e. The summed E-state index contributed by atoms with van der Waals surface area (Å²) in [4.78, 5) is 14.0. The molecule has 5 nitrogen and oxygen atoms in total. The van der Waals surface area contributed by atoms with Crippen molar-refractivity contribution < 1.29 is 13.9 Å². The maximum Gasteiger partial charge on any atom is 0.410 e. The maximum atomic E-state index is 13.4. The quantitative estimate of drug-likeness (QED) is 0.693. The lowest BCUT2D eigenvalue weighted by molar-refractivity contribution is 0.0204. The highest BCUT2D eigenvalue weighted by molar-refractivity contribution is 9.10. The monoisotopic (exact) mass is 451 g/mol. The summed E-state index contributed by atoms with van der Waals surface area (Å²) in [5.41, 5.74) is 2.56. The smallest absolute Gasteiger partial charge is 0.410 e. The van der Waals surface area contributed by atoms with Gasteiger partial charge in [0.1, 0.15) is 11.4 Å². The molecule has 1 aliphatic rings. The second-order valence-corrected chi connectivity index (χ2v) is 9.15. The molecule has 0 saturated carbocycles.